The molecule has 1 aromatic heterocycles. The molecule has 2 aliphatic heterocycles. The van der Waals surface area contributed by atoms with Crippen LogP contribution in [-0.4, -0.2) is 40.8 Å². The fraction of sp³-hybridized carbons (Fsp3) is 0.278. The molecule has 4 rings (SSSR count). The number of fused-ring (bicyclic) bond motifs is 3. The molecule has 0 bridgehead atoms. The van der Waals surface area contributed by atoms with Crippen molar-refractivity contribution in [3.63, 3.8) is 0 Å². The van der Waals surface area contributed by atoms with Crippen LogP contribution in [-0.2, 0) is 16.0 Å². The second kappa shape index (κ2) is 6.74. The molecule has 2 aliphatic rings. The number of imide groups is 2. The van der Waals surface area contributed by atoms with Crippen LogP contribution in [0.2, 0.25) is 0 Å². The van der Waals surface area contributed by atoms with E-state index in [0.29, 0.717) is 24.3 Å². The van der Waals surface area contributed by atoms with Crippen molar-refractivity contribution in [2.75, 3.05) is 13.1 Å². The van der Waals surface area contributed by atoms with E-state index in [4.69, 9.17) is 12.0 Å². The second-order valence-corrected chi connectivity index (χ2v) is 6.52. The Balaban J connectivity index is 1.79. The minimum atomic E-state index is -1.13. The Morgan fingerprint density at radius 1 is 1.36 bits per heavy atom. The number of amides is 4. The summed E-state index contributed by atoms with van der Waals surface area (Å²) in [5.74, 6) is -0.168. The van der Waals surface area contributed by atoms with Gasteiger partial charge in [0.25, 0.3) is 0 Å². The molecule has 2 atom stereocenters. The van der Waals surface area contributed by atoms with Crippen LogP contribution in [0.1, 0.15) is 17.3 Å². The van der Waals surface area contributed by atoms with Crippen LogP contribution in [0.5, 0.6) is 0 Å². The maximum Gasteiger partial charge on any atom is 0.331 e. The summed E-state index contributed by atoms with van der Waals surface area (Å²) in [5.41, 5.74) is 11.6. The number of rotatable bonds is 3. The van der Waals surface area contributed by atoms with Crippen LogP contribution in [0.3, 0.4) is 0 Å². The average Bonchev–Trinajstić information content (AvgIpc) is 3.04. The van der Waals surface area contributed by atoms with Gasteiger partial charge in [0.1, 0.15) is 5.92 Å². The van der Waals surface area contributed by atoms with Crippen molar-refractivity contribution in [3.8, 4) is 12.3 Å². The topological polar surface area (TPSA) is 143 Å². The molecule has 140 valence electrons. The third-order valence-corrected chi connectivity index (χ3v) is 5.01. The van der Waals surface area contributed by atoms with Crippen LogP contribution < -0.4 is 10.6 Å². The van der Waals surface area contributed by atoms with E-state index < -0.39 is 29.8 Å². The van der Waals surface area contributed by atoms with Gasteiger partial charge >= 0.3 is 6.03 Å². The number of barbiturate groups is 1. The lowest BCUT2D eigenvalue weighted by atomic mass is 9.87. The number of terminal acetylenes is 1. The highest BCUT2D eigenvalue weighted by Crippen LogP contribution is 2.36. The first-order valence-corrected chi connectivity index (χ1v) is 8.57. The zero-order valence-electron chi connectivity index (χ0n) is 14.6. The predicted octanol–water partition coefficient (Wildman–Crippen LogP) is 1.62. The number of hydrogen-bond acceptors (Lipinski definition) is 5. The van der Waals surface area contributed by atoms with Crippen LogP contribution in [0, 0.1) is 18.3 Å². The van der Waals surface area contributed by atoms with E-state index >= 15 is 0 Å². The summed E-state index contributed by atoms with van der Waals surface area (Å²) in [4.78, 5) is 44.2. The number of aromatic amines is 1. The molecule has 2 aromatic rings. The molecule has 10 nitrogen and oxygen atoms in total. The molecule has 4 amide bonds. The second-order valence-electron chi connectivity index (χ2n) is 6.52. The molecule has 0 radical (unpaired) electrons. The standard InChI is InChI=1S/C18H15N7O3/c1-2-7-25-17(27)13(16(26)22-18(25)28)15-14-10(5-6-20-15)11-8-9(23-24-19)3-4-12(11)21-14/h1,3-4,8,13,15,20-21H,5-7H2,(H,22,26,28)/t13-,15+/m0/s1. The number of nitrogens with zero attached hydrogens (tertiary/aromatic N) is 4. The first-order valence-electron chi connectivity index (χ1n) is 8.57. The monoisotopic (exact) mass is 377 g/mol. The first kappa shape index (κ1) is 17.6. The number of aromatic nitrogens is 1. The summed E-state index contributed by atoms with van der Waals surface area (Å²) < 4.78 is 0. The first-order chi connectivity index (χ1) is 13.5. The highest BCUT2D eigenvalue weighted by molar-refractivity contribution is 6.16. The lowest BCUT2D eigenvalue weighted by Crippen LogP contribution is -2.61. The van der Waals surface area contributed by atoms with E-state index in [1.54, 1.807) is 18.2 Å². The van der Waals surface area contributed by atoms with Crippen LogP contribution in [0.25, 0.3) is 21.3 Å². The SMILES string of the molecule is C#CCN1C(=O)NC(=O)[C@H]([C@H]2NCCc3c2[nH]c2ccc(N=[N+]=[N-])cc32)C1=O. The van der Waals surface area contributed by atoms with E-state index in [1.807, 2.05) is 0 Å². The number of benzene rings is 1. The Bertz CT molecular complexity index is 1110. The van der Waals surface area contributed by atoms with Crippen molar-refractivity contribution in [2.45, 2.75) is 12.5 Å². The van der Waals surface area contributed by atoms with Crippen molar-refractivity contribution in [1.29, 1.82) is 0 Å². The zero-order valence-corrected chi connectivity index (χ0v) is 14.6. The summed E-state index contributed by atoms with van der Waals surface area (Å²) in [6.07, 6.45) is 5.91. The molecule has 1 saturated heterocycles. The summed E-state index contributed by atoms with van der Waals surface area (Å²) >= 11 is 0. The Morgan fingerprint density at radius 3 is 2.93 bits per heavy atom. The molecule has 0 spiro atoms. The molecule has 3 heterocycles. The van der Waals surface area contributed by atoms with Crippen LogP contribution in [0.4, 0.5) is 10.5 Å². The quantitative estimate of drug-likeness (QED) is 0.245. The van der Waals surface area contributed by atoms with Crippen LogP contribution in [0.15, 0.2) is 23.3 Å². The average molecular weight is 377 g/mol. The number of H-pyrrole nitrogens is 1. The number of urea groups is 1. The van der Waals surface area contributed by atoms with Gasteiger partial charge in [0.2, 0.25) is 11.8 Å². The lowest BCUT2D eigenvalue weighted by Gasteiger charge is -2.35. The third kappa shape index (κ3) is 2.66. The highest BCUT2D eigenvalue weighted by atomic mass is 16.2. The van der Waals surface area contributed by atoms with Gasteiger partial charge in [0.05, 0.1) is 12.6 Å². The predicted molar refractivity (Wildman–Crippen MR) is 99.1 cm³/mol. The lowest BCUT2D eigenvalue weighted by molar-refractivity contribution is -0.143. The van der Waals surface area contributed by atoms with Gasteiger partial charge in [-0.25, -0.2) is 4.79 Å². The zero-order chi connectivity index (χ0) is 19.8. The van der Waals surface area contributed by atoms with Crippen LogP contribution >= 0.6 is 0 Å². The third-order valence-electron chi connectivity index (χ3n) is 5.01. The van der Waals surface area contributed by atoms with E-state index in [9.17, 15) is 14.4 Å². The maximum absolute atomic E-state index is 12.8. The van der Waals surface area contributed by atoms with Gasteiger partial charge in [0.15, 0.2) is 0 Å². The molecule has 0 aliphatic carbocycles. The number of azide groups is 1. The summed E-state index contributed by atoms with van der Waals surface area (Å²) in [6.45, 7) is 0.326. The minimum Gasteiger partial charge on any atom is -0.357 e. The number of hydrogen-bond donors (Lipinski definition) is 3. The number of carbonyl (C=O) groups excluding carboxylic acids is 3. The Hall–Kier alpha value is -3.80. The smallest absolute Gasteiger partial charge is 0.331 e. The van der Waals surface area contributed by atoms with Gasteiger partial charge in [-0.2, -0.15) is 0 Å². The van der Waals surface area contributed by atoms with Gasteiger partial charge < -0.3 is 10.3 Å². The molecular formula is C18H15N7O3. The largest absolute Gasteiger partial charge is 0.357 e. The van der Waals surface area contributed by atoms with Crippen molar-refractivity contribution < 1.29 is 14.4 Å². The number of carbonyl (C=O) groups is 3. The fourth-order valence-corrected chi connectivity index (χ4v) is 3.81. The molecule has 1 aromatic carbocycles. The number of nitrogens with one attached hydrogen (secondary N) is 3. The Labute approximate surface area is 158 Å². The van der Waals surface area contributed by atoms with Gasteiger partial charge in [-0.15, -0.1) is 6.42 Å². The van der Waals surface area contributed by atoms with E-state index in [2.05, 4.69) is 31.6 Å². The van der Waals surface area contributed by atoms with Gasteiger partial charge in [-0.05, 0) is 36.2 Å². The van der Waals surface area contributed by atoms with E-state index in [1.165, 1.54) is 0 Å². The summed E-state index contributed by atoms with van der Waals surface area (Å²) in [7, 11) is 0. The normalized spacial score (nSPS) is 21.7. The molecule has 0 unspecified atom stereocenters. The minimum absolute atomic E-state index is 0.212. The molecule has 1 fully saturated rings. The Morgan fingerprint density at radius 2 is 2.18 bits per heavy atom. The molecule has 3 N–H and O–H groups in total. The van der Waals surface area contributed by atoms with Crippen molar-refractivity contribution in [2.24, 2.45) is 11.0 Å². The van der Waals surface area contributed by atoms with Gasteiger partial charge in [-0.3, -0.25) is 19.8 Å². The molecule has 10 heteroatoms. The molecular weight excluding hydrogens is 362 g/mol. The molecule has 28 heavy (non-hydrogen) atoms. The summed E-state index contributed by atoms with van der Waals surface area (Å²) in [5, 5.41) is 9.90. The van der Waals surface area contributed by atoms with Crippen molar-refractivity contribution in [3.05, 3.63) is 39.9 Å². The van der Waals surface area contributed by atoms with Gasteiger partial charge in [0, 0.05) is 27.2 Å². The Kier molecular flexibility index (Phi) is 4.24. The highest BCUT2D eigenvalue weighted by Gasteiger charge is 2.46. The molecule has 0 saturated carbocycles. The van der Waals surface area contributed by atoms with E-state index in [0.717, 1.165) is 21.4 Å². The van der Waals surface area contributed by atoms with Crippen molar-refractivity contribution >= 4 is 34.4 Å². The van der Waals surface area contributed by atoms with E-state index in [-0.39, 0.29) is 6.54 Å². The van der Waals surface area contributed by atoms with Crippen molar-refractivity contribution in [1.82, 2.24) is 20.5 Å². The van der Waals surface area contributed by atoms with Gasteiger partial charge in [-0.1, -0.05) is 17.1 Å². The fourth-order valence-electron chi connectivity index (χ4n) is 3.81. The summed E-state index contributed by atoms with van der Waals surface area (Å²) in [6, 6.07) is 3.78. The maximum atomic E-state index is 12.8.